The summed E-state index contributed by atoms with van der Waals surface area (Å²) in [6.07, 6.45) is 0.893. The Morgan fingerprint density at radius 2 is 1.92 bits per heavy atom. The van der Waals surface area contributed by atoms with E-state index in [2.05, 4.69) is 17.2 Å². The molecule has 0 fully saturated rings. The van der Waals surface area contributed by atoms with Gasteiger partial charge < -0.3 is 16.0 Å². The van der Waals surface area contributed by atoms with E-state index in [1.165, 1.54) is 0 Å². The van der Waals surface area contributed by atoms with Crippen molar-refractivity contribution in [1.29, 1.82) is 0 Å². The second-order valence-corrected chi connectivity index (χ2v) is 6.64. The van der Waals surface area contributed by atoms with Crippen LogP contribution in [0.25, 0.3) is 21.8 Å². The van der Waals surface area contributed by atoms with Crippen LogP contribution in [-0.2, 0) is 0 Å². The lowest BCUT2D eigenvalue weighted by atomic mass is 9.98. The van der Waals surface area contributed by atoms with Crippen LogP contribution in [0.1, 0.15) is 30.6 Å². The van der Waals surface area contributed by atoms with Gasteiger partial charge in [-0.1, -0.05) is 50.7 Å². The second-order valence-electron chi connectivity index (χ2n) is 6.17. The van der Waals surface area contributed by atoms with Gasteiger partial charge in [0.2, 0.25) is 0 Å². The first-order valence-electron chi connectivity index (χ1n) is 8.12. The van der Waals surface area contributed by atoms with E-state index < -0.39 is 0 Å². The molecule has 2 aromatic carbocycles. The number of para-hydroxylation sites is 1. The molecule has 3 rings (SSSR count). The first kappa shape index (κ1) is 16.5. The van der Waals surface area contributed by atoms with E-state index in [0.717, 1.165) is 28.2 Å². The van der Waals surface area contributed by atoms with E-state index in [1.807, 2.05) is 49.4 Å². The lowest BCUT2D eigenvalue weighted by Crippen LogP contribution is -2.47. The Balaban J connectivity index is 1.95. The number of thiocarbonyl (C=S) groups is 1. The van der Waals surface area contributed by atoms with Gasteiger partial charge in [0, 0.05) is 27.4 Å². The van der Waals surface area contributed by atoms with Crippen LogP contribution >= 0.6 is 12.2 Å². The van der Waals surface area contributed by atoms with Crippen molar-refractivity contribution < 1.29 is 4.79 Å². The Kier molecular flexibility index (Phi) is 4.53. The van der Waals surface area contributed by atoms with Gasteiger partial charge in [-0.2, -0.15) is 0 Å². The molecule has 0 saturated heterocycles. The first-order chi connectivity index (χ1) is 11.5. The predicted molar refractivity (Wildman–Crippen MR) is 103 cm³/mol. The topological polar surface area (TPSA) is 70.9 Å². The SMILES string of the molecule is CC[C@H](C)C(NC(=O)c1ccc2[nH]c3ccccc3c2c1)C(N)=S. The third-order valence-electron chi connectivity index (χ3n) is 4.57. The highest BCUT2D eigenvalue weighted by molar-refractivity contribution is 7.80. The monoisotopic (exact) mass is 339 g/mol. The number of amides is 1. The summed E-state index contributed by atoms with van der Waals surface area (Å²) in [6, 6.07) is 13.4. The van der Waals surface area contributed by atoms with Gasteiger partial charge in [-0.05, 0) is 30.2 Å². The van der Waals surface area contributed by atoms with Gasteiger partial charge in [-0.3, -0.25) is 4.79 Å². The molecule has 0 radical (unpaired) electrons. The van der Waals surface area contributed by atoms with E-state index in [0.29, 0.717) is 10.6 Å². The molecule has 0 aliphatic rings. The summed E-state index contributed by atoms with van der Waals surface area (Å²) in [5, 5.41) is 5.12. The maximum absolute atomic E-state index is 12.6. The fourth-order valence-corrected chi connectivity index (χ4v) is 3.23. The van der Waals surface area contributed by atoms with Crippen molar-refractivity contribution in [2.24, 2.45) is 11.7 Å². The number of carbonyl (C=O) groups excluding carboxylic acids is 1. The smallest absolute Gasteiger partial charge is 0.251 e. The number of hydrogen-bond donors (Lipinski definition) is 3. The van der Waals surface area contributed by atoms with Crippen molar-refractivity contribution in [3.8, 4) is 0 Å². The quantitative estimate of drug-likeness (QED) is 0.620. The molecule has 1 aromatic heterocycles. The molecule has 4 nitrogen and oxygen atoms in total. The zero-order valence-corrected chi connectivity index (χ0v) is 14.6. The van der Waals surface area contributed by atoms with E-state index in [-0.39, 0.29) is 17.9 Å². The fourth-order valence-electron chi connectivity index (χ4n) is 2.94. The minimum Gasteiger partial charge on any atom is -0.392 e. The second kappa shape index (κ2) is 6.61. The molecule has 4 N–H and O–H groups in total. The number of nitrogens with one attached hydrogen (secondary N) is 2. The molecule has 0 spiro atoms. The van der Waals surface area contributed by atoms with E-state index >= 15 is 0 Å². The number of aromatic amines is 1. The first-order valence-corrected chi connectivity index (χ1v) is 8.52. The van der Waals surface area contributed by atoms with Gasteiger partial charge in [0.15, 0.2) is 0 Å². The minimum absolute atomic E-state index is 0.153. The molecular weight excluding hydrogens is 318 g/mol. The number of aromatic nitrogens is 1. The Labute approximate surface area is 146 Å². The van der Waals surface area contributed by atoms with Crippen LogP contribution in [0.3, 0.4) is 0 Å². The summed E-state index contributed by atoms with van der Waals surface area (Å²) in [5.74, 6) is 0.0450. The molecule has 1 heterocycles. The van der Waals surface area contributed by atoms with E-state index in [9.17, 15) is 4.79 Å². The van der Waals surface area contributed by atoms with Crippen LogP contribution in [-0.4, -0.2) is 21.9 Å². The van der Waals surface area contributed by atoms with Gasteiger partial charge in [-0.15, -0.1) is 0 Å². The molecule has 0 saturated carbocycles. The number of carbonyl (C=O) groups is 1. The van der Waals surface area contributed by atoms with Crippen molar-refractivity contribution >= 4 is 44.9 Å². The highest BCUT2D eigenvalue weighted by atomic mass is 32.1. The summed E-state index contributed by atoms with van der Waals surface area (Å²) in [7, 11) is 0. The molecule has 3 aromatic rings. The van der Waals surface area contributed by atoms with Crippen LogP contribution in [0, 0.1) is 5.92 Å². The fraction of sp³-hybridized carbons (Fsp3) is 0.263. The Morgan fingerprint density at radius 3 is 2.62 bits per heavy atom. The highest BCUT2D eigenvalue weighted by Crippen LogP contribution is 2.26. The van der Waals surface area contributed by atoms with Crippen LogP contribution in [0.4, 0.5) is 0 Å². The van der Waals surface area contributed by atoms with Crippen molar-refractivity contribution in [1.82, 2.24) is 10.3 Å². The zero-order valence-electron chi connectivity index (χ0n) is 13.8. The molecule has 0 bridgehead atoms. The van der Waals surface area contributed by atoms with Gasteiger partial charge in [0.25, 0.3) is 5.91 Å². The van der Waals surface area contributed by atoms with Crippen LogP contribution < -0.4 is 11.1 Å². The summed E-state index contributed by atoms with van der Waals surface area (Å²) < 4.78 is 0. The number of hydrogen-bond acceptors (Lipinski definition) is 2. The number of rotatable bonds is 5. The summed E-state index contributed by atoms with van der Waals surface area (Å²) in [6.45, 7) is 4.09. The summed E-state index contributed by atoms with van der Waals surface area (Å²) in [4.78, 5) is 16.3. The van der Waals surface area contributed by atoms with Crippen molar-refractivity contribution in [3.63, 3.8) is 0 Å². The molecule has 124 valence electrons. The highest BCUT2D eigenvalue weighted by Gasteiger charge is 2.21. The molecule has 1 amide bonds. The van der Waals surface area contributed by atoms with Crippen molar-refractivity contribution in [2.45, 2.75) is 26.3 Å². The molecule has 2 atom stereocenters. The van der Waals surface area contributed by atoms with Gasteiger partial charge >= 0.3 is 0 Å². The molecule has 0 aliphatic heterocycles. The van der Waals surface area contributed by atoms with Crippen molar-refractivity contribution in [2.75, 3.05) is 0 Å². The Bertz CT molecular complexity index is 915. The average molecular weight is 339 g/mol. The van der Waals surface area contributed by atoms with Crippen molar-refractivity contribution in [3.05, 3.63) is 48.0 Å². The number of fused-ring (bicyclic) bond motifs is 3. The maximum atomic E-state index is 12.6. The molecule has 1 unspecified atom stereocenters. The largest absolute Gasteiger partial charge is 0.392 e. The standard InChI is InChI=1S/C19H21N3OS/c1-3-11(2)17(18(20)24)22-19(23)12-8-9-16-14(10-12)13-6-4-5-7-15(13)21-16/h4-11,17,21H,3H2,1-2H3,(H2,20,24)(H,22,23)/t11-,17?/m0/s1. The Hall–Kier alpha value is -2.40. The lowest BCUT2D eigenvalue weighted by molar-refractivity contribution is 0.0938. The van der Waals surface area contributed by atoms with Gasteiger partial charge in [-0.25, -0.2) is 0 Å². The van der Waals surface area contributed by atoms with Crippen LogP contribution in [0.5, 0.6) is 0 Å². The molecule has 5 heteroatoms. The van der Waals surface area contributed by atoms with Gasteiger partial charge in [0.05, 0.1) is 11.0 Å². The molecular formula is C19H21N3OS. The third kappa shape index (κ3) is 2.99. The lowest BCUT2D eigenvalue weighted by Gasteiger charge is -2.23. The summed E-state index contributed by atoms with van der Waals surface area (Å²) >= 11 is 5.11. The average Bonchev–Trinajstić information content (AvgIpc) is 2.96. The molecule has 24 heavy (non-hydrogen) atoms. The molecule has 0 aliphatic carbocycles. The normalized spacial score (nSPS) is 13.8. The number of nitrogens with two attached hydrogens (primary N) is 1. The zero-order chi connectivity index (χ0) is 17.3. The van der Waals surface area contributed by atoms with Crippen LogP contribution in [0.15, 0.2) is 42.5 Å². The predicted octanol–water partition coefficient (Wildman–Crippen LogP) is 3.75. The van der Waals surface area contributed by atoms with Crippen LogP contribution in [0.2, 0.25) is 0 Å². The number of benzene rings is 2. The summed E-state index contributed by atoms with van der Waals surface area (Å²) in [5.41, 5.74) is 8.48. The third-order valence-corrected chi connectivity index (χ3v) is 4.83. The number of H-pyrrole nitrogens is 1. The van der Waals surface area contributed by atoms with Gasteiger partial charge in [0.1, 0.15) is 0 Å². The maximum Gasteiger partial charge on any atom is 0.251 e. The van der Waals surface area contributed by atoms with E-state index in [1.54, 1.807) is 0 Å². The van der Waals surface area contributed by atoms with E-state index in [4.69, 9.17) is 18.0 Å². The Morgan fingerprint density at radius 1 is 1.21 bits per heavy atom. The minimum atomic E-state index is -0.295.